The van der Waals surface area contributed by atoms with E-state index in [9.17, 15) is 10.1 Å². The van der Waals surface area contributed by atoms with Crippen molar-refractivity contribution >= 4 is 21.6 Å². The number of aromatic nitrogens is 1. The van der Waals surface area contributed by atoms with Crippen LogP contribution in [0.3, 0.4) is 0 Å². The van der Waals surface area contributed by atoms with E-state index in [0.29, 0.717) is 10.7 Å². The highest BCUT2D eigenvalue weighted by atomic mass is 79.9. The lowest BCUT2D eigenvalue weighted by Gasteiger charge is -2.11. The van der Waals surface area contributed by atoms with Gasteiger partial charge in [-0.3, -0.25) is 15.1 Å². The maximum Gasteiger partial charge on any atom is 0.272 e. The molecule has 1 unspecified atom stereocenters. The molecule has 88 valence electrons. The summed E-state index contributed by atoms with van der Waals surface area (Å²) >= 11 is 3.57. The average Bonchev–Trinajstić information content (AvgIpc) is 2.16. The first-order valence-corrected chi connectivity index (χ1v) is 6.14. The fourth-order valence-corrected chi connectivity index (χ4v) is 2.59. The second-order valence-electron chi connectivity index (χ2n) is 4.19. The molecule has 16 heavy (non-hydrogen) atoms. The van der Waals surface area contributed by atoms with Gasteiger partial charge in [-0.25, -0.2) is 0 Å². The van der Waals surface area contributed by atoms with Crippen molar-refractivity contribution in [2.45, 2.75) is 31.5 Å². The number of hydrogen-bond donors (Lipinski definition) is 0. The van der Waals surface area contributed by atoms with E-state index < -0.39 is 4.92 Å². The van der Waals surface area contributed by atoms with Gasteiger partial charge < -0.3 is 0 Å². The summed E-state index contributed by atoms with van der Waals surface area (Å²) in [5, 5.41) is 10.6. The minimum absolute atomic E-state index is 0.106. The SMILES string of the molecule is CC(C)CC(Br)Cc1cc([N+](=O)[O-])ccn1. The van der Waals surface area contributed by atoms with Crippen molar-refractivity contribution in [3.63, 3.8) is 0 Å². The number of hydrogen-bond acceptors (Lipinski definition) is 3. The van der Waals surface area contributed by atoms with Crippen molar-refractivity contribution in [2.75, 3.05) is 0 Å². The summed E-state index contributed by atoms with van der Waals surface area (Å²) in [6.45, 7) is 4.30. The van der Waals surface area contributed by atoms with Gasteiger partial charge in [-0.05, 0) is 12.3 Å². The third kappa shape index (κ3) is 4.26. The summed E-state index contributed by atoms with van der Waals surface area (Å²) in [4.78, 5) is 14.6. The van der Waals surface area contributed by atoms with E-state index in [4.69, 9.17) is 0 Å². The molecule has 0 saturated heterocycles. The van der Waals surface area contributed by atoms with Crippen molar-refractivity contribution in [1.82, 2.24) is 4.98 Å². The van der Waals surface area contributed by atoms with Crippen molar-refractivity contribution < 1.29 is 4.92 Å². The van der Waals surface area contributed by atoms with Gasteiger partial charge in [-0.15, -0.1) is 0 Å². The molecule has 0 amide bonds. The summed E-state index contributed by atoms with van der Waals surface area (Å²) in [6, 6.07) is 2.95. The van der Waals surface area contributed by atoms with Crippen LogP contribution in [0.25, 0.3) is 0 Å². The third-order valence-electron chi connectivity index (χ3n) is 2.17. The van der Waals surface area contributed by atoms with Crippen LogP contribution in [0.2, 0.25) is 0 Å². The predicted octanol–water partition coefficient (Wildman–Crippen LogP) is 3.34. The van der Waals surface area contributed by atoms with E-state index in [1.54, 1.807) is 0 Å². The second-order valence-corrected chi connectivity index (χ2v) is 5.49. The predicted molar refractivity (Wildman–Crippen MR) is 66.8 cm³/mol. The van der Waals surface area contributed by atoms with Crippen LogP contribution in [-0.2, 0) is 6.42 Å². The lowest BCUT2D eigenvalue weighted by Crippen LogP contribution is -2.08. The molecule has 1 heterocycles. The first kappa shape index (κ1) is 13.1. The molecule has 1 aromatic heterocycles. The fourth-order valence-electron chi connectivity index (χ4n) is 1.51. The molecule has 0 aliphatic carbocycles. The van der Waals surface area contributed by atoms with E-state index in [0.717, 1.165) is 18.5 Å². The Morgan fingerprint density at radius 2 is 2.25 bits per heavy atom. The molecule has 1 aromatic rings. The Bertz CT molecular complexity index is 369. The van der Waals surface area contributed by atoms with Crippen molar-refractivity contribution in [3.05, 3.63) is 34.1 Å². The molecule has 0 fully saturated rings. The smallest absolute Gasteiger partial charge is 0.261 e. The van der Waals surface area contributed by atoms with E-state index in [2.05, 4.69) is 34.8 Å². The molecular formula is C11H15BrN2O2. The molecule has 0 N–H and O–H groups in total. The van der Waals surface area contributed by atoms with E-state index in [1.165, 1.54) is 18.3 Å². The summed E-state index contributed by atoms with van der Waals surface area (Å²) < 4.78 is 0. The largest absolute Gasteiger partial charge is 0.272 e. The molecule has 0 radical (unpaired) electrons. The highest BCUT2D eigenvalue weighted by molar-refractivity contribution is 9.09. The van der Waals surface area contributed by atoms with Crippen molar-refractivity contribution in [1.29, 1.82) is 0 Å². The van der Waals surface area contributed by atoms with Crippen LogP contribution in [0.1, 0.15) is 26.0 Å². The van der Waals surface area contributed by atoms with Gasteiger partial charge in [0.1, 0.15) is 0 Å². The van der Waals surface area contributed by atoms with Crippen molar-refractivity contribution in [2.24, 2.45) is 5.92 Å². The minimum atomic E-state index is -0.392. The standard InChI is InChI=1S/C11H15BrN2O2/c1-8(2)5-9(12)6-10-7-11(14(15)16)3-4-13-10/h3-4,7-9H,5-6H2,1-2H3. The van der Waals surface area contributed by atoms with Crippen LogP contribution < -0.4 is 0 Å². The van der Waals surface area contributed by atoms with Gasteiger partial charge >= 0.3 is 0 Å². The summed E-state index contributed by atoms with van der Waals surface area (Å²) in [6.07, 6.45) is 3.24. The van der Waals surface area contributed by atoms with Gasteiger partial charge in [0.15, 0.2) is 0 Å². The highest BCUT2D eigenvalue weighted by Crippen LogP contribution is 2.19. The van der Waals surface area contributed by atoms with Gasteiger partial charge in [0.05, 0.1) is 4.92 Å². The van der Waals surface area contributed by atoms with Crippen LogP contribution in [0, 0.1) is 16.0 Å². The van der Waals surface area contributed by atoms with Gasteiger partial charge in [0.2, 0.25) is 0 Å². The number of halogens is 1. The molecule has 4 nitrogen and oxygen atoms in total. The Balaban J connectivity index is 2.66. The number of alkyl halides is 1. The Hall–Kier alpha value is -0.970. The molecular weight excluding hydrogens is 272 g/mol. The van der Waals surface area contributed by atoms with Crippen LogP contribution in [-0.4, -0.2) is 14.7 Å². The first-order valence-electron chi connectivity index (χ1n) is 5.22. The van der Waals surface area contributed by atoms with Gasteiger partial charge in [0.25, 0.3) is 5.69 Å². The molecule has 0 saturated carbocycles. The lowest BCUT2D eigenvalue weighted by molar-refractivity contribution is -0.385. The number of rotatable bonds is 5. The first-order chi connectivity index (χ1) is 7.49. The number of nitrogens with zero attached hydrogens (tertiary/aromatic N) is 2. The Morgan fingerprint density at radius 3 is 2.81 bits per heavy atom. The second kappa shape index (κ2) is 5.94. The van der Waals surface area contributed by atoms with Gasteiger partial charge in [0, 0.05) is 35.3 Å². The normalized spacial score (nSPS) is 12.8. The van der Waals surface area contributed by atoms with Crippen LogP contribution in [0.4, 0.5) is 5.69 Å². The molecule has 1 rings (SSSR count). The number of nitro groups is 1. The average molecular weight is 287 g/mol. The van der Waals surface area contributed by atoms with Crippen LogP contribution >= 0.6 is 15.9 Å². The summed E-state index contributed by atoms with van der Waals surface area (Å²) in [7, 11) is 0. The highest BCUT2D eigenvalue weighted by Gasteiger charge is 2.12. The van der Waals surface area contributed by atoms with E-state index >= 15 is 0 Å². The zero-order valence-corrected chi connectivity index (χ0v) is 11.0. The Morgan fingerprint density at radius 1 is 1.56 bits per heavy atom. The van der Waals surface area contributed by atoms with Gasteiger partial charge in [-0.1, -0.05) is 29.8 Å². The molecule has 0 bridgehead atoms. The zero-order valence-electron chi connectivity index (χ0n) is 9.39. The monoisotopic (exact) mass is 286 g/mol. The van der Waals surface area contributed by atoms with Crippen LogP contribution in [0.15, 0.2) is 18.3 Å². The zero-order chi connectivity index (χ0) is 12.1. The molecule has 5 heteroatoms. The maximum absolute atomic E-state index is 10.6. The topological polar surface area (TPSA) is 56.0 Å². The summed E-state index contributed by atoms with van der Waals surface area (Å²) in [5.41, 5.74) is 0.867. The third-order valence-corrected chi connectivity index (χ3v) is 2.87. The fraction of sp³-hybridized carbons (Fsp3) is 0.545. The van der Waals surface area contributed by atoms with Crippen molar-refractivity contribution in [3.8, 4) is 0 Å². The lowest BCUT2D eigenvalue weighted by atomic mass is 10.0. The van der Waals surface area contributed by atoms with Crippen LogP contribution in [0.5, 0.6) is 0 Å². The van der Waals surface area contributed by atoms with E-state index in [-0.39, 0.29) is 5.69 Å². The Labute approximate surface area is 103 Å². The Kier molecular flexibility index (Phi) is 4.86. The van der Waals surface area contributed by atoms with E-state index in [1.807, 2.05) is 0 Å². The molecule has 1 atom stereocenters. The minimum Gasteiger partial charge on any atom is -0.261 e. The summed E-state index contributed by atoms with van der Waals surface area (Å²) in [5.74, 6) is 0.600. The molecule has 0 aromatic carbocycles. The molecule has 0 aliphatic rings. The molecule has 0 spiro atoms. The molecule has 0 aliphatic heterocycles. The number of pyridine rings is 1. The van der Waals surface area contributed by atoms with Gasteiger partial charge in [-0.2, -0.15) is 0 Å². The quantitative estimate of drug-likeness (QED) is 0.474. The maximum atomic E-state index is 10.6.